The van der Waals surface area contributed by atoms with Crippen molar-refractivity contribution in [3.63, 3.8) is 0 Å². The van der Waals surface area contributed by atoms with Gasteiger partial charge in [-0.2, -0.15) is 0 Å². The van der Waals surface area contributed by atoms with E-state index in [1.54, 1.807) is 0 Å². The van der Waals surface area contributed by atoms with Crippen LogP contribution in [0.3, 0.4) is 0 Å². The molecule has 1 aromatic carbocycles. The largest absolute Gasteiger partial charge is 0.387 e. The highest BCUT2D eigenvalue weighted by molar-refractivity contribution is 5.78. The van der Waals surface area contributed by atoms with Gasteiger partial charge in [0, 0.05) is 25.7 Å². The van der Waals surface area contributed by atoms with Crippen molar-refractivity contribution in [2.24, 2.45) is 5.73 Å². The molecule has 1 aromatic rings. The molecule has 0 saturated carbocycles. The average Bonchev–Trinajstić information content (AvgIpc) is 2.48. The molecule has 110 valence electrons. The van der Waals surface area contributed by atoms with Crippen LogP contribution in [0.2, 0.25) is 0 Å². The standard InChI is InChI=1S/C15H23N3O2/c16-13-6-8-18(9-7-13)11-15(20)17-10-14(19)12-4-2-1-3-5-12/h1-5,13-14,19H,6-11,16H2,(H,17,20). The van der Waals surface area contributed by atoms with Crippen molar-refractivity contribution in [3.05, 3.63) is 35.9 Å². The molecule has 0 aromatic heterocycles. The van der Waals surface area contributed by atoms with E-state index in [4.69, 9.17) is 5.73 Å². The van der Waals surface area contributed by atoms with Crippen molar-refractivity contribution in [2.75, 3.05) is 26.2 Å². The zero-order chi connectivity index (χ0) is 14.4. The predicted octanol–water partition coefficient (Wildman–Crippen LogP) is 0.259. The molecule has 1 fully saturated rings. The van der Waals surface area contributed by atoms with Crippen LogP contribution in [0.4, 0.5) is 0 Å². The number of nitrogens with zero attached hydrogens (tertiary/aromatic N) is 1. The third-order valence-electron chi connectivity index (χ3n) is 3.68. The van der Waals surface area contributed by atoms with Crippen LogP contribution in [-0.2, 0) is 4.79 Å². The number of nitrogens with two attached hydrogens (primary N) is 1. The molecule has 1 saturated heterocycles. The third kappa shape index (κ3) is 4.59. The van der Waals surface area contributed by atoms with Crippen LogP contribution in [0, 0.1) is 0 Å². The number of aliphatic hydroxyl groups excluding tert-OH is 1. The highest BCUT2D eigenvalue weighted by atomic mass is 16.3. The van der Waals surface area contributed by atoms with Crippen LogP contribution < -0.4 is 11.1 Å². The van der Waals surface area contributed by atoms with E-state index in [0.717, 1.165) is 31.5 Å². The zero-order valence-electron chi connectivity index (χ0n) is 11.7. The van der Waals surface area contributed by atoms with E-state index in [0.29, 0.717) is 6.54 Å². The summed E-state index contributed by atoms with van der Waals surface area (Å²) < 4.78 is 0. The highest BCUT2D eigenvalue weighted by Crippen LogP contribution is 2.11. The molecular weight excluding hydrogens is 254 g/mol. The van der Waals surface area contributed by atoms with E-state index in [9.17, 15) is 9.90 Å². The van der Waals surface area contributed by atoms with Gasteiger partial charge in [0.05, 0.1) is 12.6 Å². The second-order valence-corrected chi connectivity index (χ2v) is 5.34. The van der Waals surface area contributed by atoms with E-state index < -0.39 is 6.10 Å². The van der Waals surface area contributed by atoms with E-state index in [-0.39, 0.29) is 18.5 Å². The van der Waals surface area contributed by atoms with E-state index in [1.165, 1.54) is 0 Å². The van der Waals surface area contributed by atoms with Crippen LogP contribution >= 0.6 is 0 Å². The fraction of sp³-hybridized carbons (Fsp3) is 0.533. The molecule has 1 atom stereocenters. The summed E-state index contributed by atoms with van der Waals surface area (Å²) in [5.41, 5.74) is 6.65. The minimum Gasteiger partial charge on any atom is -0.387 e. The summed E-state index contributed by atoms with van der Waals surface area (Å²) in [6, 6.07) is 9.62. The summed E-state index contributed by atoms with van der Waals surface area (Å²) in [7, 11) is 0. The second kappa shape index (κ2) is 7.38. The van der Waals surface area contributed by atoms with Gasteiger partial charge in [0.15, 0.2) is 0 Å². The monoisotopic (exact) mass is 277 g/mol. The summed E-state index contributed by atoms with van der Waals surface area (Å²) in [5, 5.41) is 12.7. The number of carbonyl (C=O) groups excluding carboxylic acids is 1. The summed E-state index contributed by atoms with van der Waals surface area (Å²) in [6.45, 7) is 2.37. The SMILES string of the molecule is NC1CCN(CC(=O)NCC(O)c2ccccc2)CC1. The highest BCUT2D eigenvalue weighted by Gasteiger charge is 2.18. The molecule has 2 rings (SSSR count). The molecule has 0 radical (unpaired) electrons. The van der Waals surface area contributed by atoms with Crippen molar-refractivity contribution in [2.45, 2.75) is 25.0 Å². The van der Waals surface area contributed by atoms with Gasteiger partial charge in [-0.25, -0.2) is 0 Å². The Morgan fingerprint density at radius 2 is 2.00 bits per heavy atom. The van der Waals surface area contributed by atoms with Crippen LogP contribution in [0.5, 0.6) is 0 Å². The van der Waals surface area contributed by atoms with Gasteiger partial charge in [-0.05, 0) is 18.4 Å². The second-order valence-electron chi connectivity index (χ2n) is 5.34. The Morgan fingerprint density at radius 1 is 1.35 bits per heavy atom. The van der Waals surface area contributed by atoms with E-state index in [2.05, 4.69) is 10.2 Å². The number of nitrogens with one attached hydrogen (secondary N) is 1. The Hall–Kier alpha value is -1.43. The van der Waals surface area contributed by atoms with Crippen molar-refractivity contribution in [3.8, 4) is 0 Å². The van der Waals surface area contributed by atoms with Crippen molar-refractivity contribution < 1.29 is 9.90 Å². The molecule has 5 heteroatoms. The first-order chi connectivity index (χ1) is 9.65. The van der Waals surface area contributed by atoms with Gasteiger partial charge in [0.25, 0.3) is 0 Å². The van der Waals surface area contributed by atoms with Crippen LogP contribution in [0.1, 0.15) is 24.5 Å². The number of likely N-dealkylation sites (tertiary alicyclic amines) is 1. The first-order valence-corrected chi connectivity index (χ1v) is 7.13. The zero-order valence-corrected chi connectivity index (χ0v) is 11.7. The fourth-order valence-electron chi connectivity index (χ4n) is 2.37. The lowest BCUT2D eigenvalue weighted by Crippen LogP contribution is -2.45. The van der Waals surface area contributed by atoms with Crippen LogP contribution in [-0.4, -0.2) is 48.1 Å². The maximum atomic E-state index is 11.8. The Bertz CT molecular complexity index is 416. The van der Waals surface area contributed by atoms with Gasteiger partial charge in [-0.1, -0.05) is 30.3 Å². The van der Waals surface area contributed by atoms with Gasteiger partial charge < -0.3 is 16.2 Å². The number of hydrogen-bond acceptors (Lipinski definition) is 4. The van der Waals surface area contributed by atoms with E-state index >= 15 is 0 Å². The number of carbonyl (C=O) groups is 1. The lowest BCUT2D eigenvalue weighted by atomic mass is 10.1. The third-order valence-corrected chi connectivity index (χ3v) is 3.68. The summed E-state index contributed by atoms with van der Waals surface area (Å²) in [6.07, 6.45) is 1.23. The number of aliphatic hydroxyl groups is 1. The topological polar surface area (TPSA) is 78.6 Å². The molecule has 5 nitrogen and oxygen atoms in total. The number of amides is 1. The van der Waals surface area contributed by atoms with Gasteiger partial charge in [0.1, 0.15) is 0 Å². The molecular formula is C15H23N3O2. The molecule has 1 amide bonds. The molecule has 4 N–H and O–H groups in total. The number of hydrogen-bond donors (Lipinski definition) is 3. The normalized spacial score (nSPS) is 18.7. The van der Waals surface area contributed by atoms with Crippen molar-refractivity contribution >= 4 is 5.91 Å². The van der Waals surface area contributed by atoms with Crippen molar-refractivity contribution in [1.29, 1.82) is 0 Å². The van der Waals surface area contributed by atoms with Crippen molar-refractivity contribution in [1.82, 2.24) is 10.2 Å². The Balaban J connectivity index is 1.70. The Kier molecular flexibility index (Phi) is 5.52. The first kappa shape index (κ1) is 15.0. The maximum absolute atomic E-state index is 11.8. The van der Waals surface area contributed by atoms with Crippen LogP contribution in [0.15, 0.2) is 30.3 Å². The Morgan fingerprint density at radius 3 is 2.65 bits per heavy atom. The molecule has 0 aliphatic carbocycles. The summed E-state index contributed by atoms with van der Waals surface area (Å²) in [5.74, 6) is -0.0459. The fourth-order valence-corrected chi connectivity index (χ4v) is 2.37. The van der Waals surface area contributed by atoms with E-state index in [1.807, 2.05) is 30.3 Å². The molecule has 20 heavy (non-hydrogen) atoms. The predicted molar refractivity (Wildman–Crippen MR) is 78.1 cm³/mol. The first-order valence-electron chi connectivity index (χ1n) is 7.13. The maximum Gasteiger partial charge on any atom is 0.234 e. The minimum atomic E-state index is -0.657. The molecule has 1 aliphatic rings. The van der Waals surface area contributed by atoms with Gasteiger partial charge >= 0.3 is 0 Å². The molecule has 1 heterocycles. The molecule has 1 aliphatic heterocycles. The average molecular weight is 277 g/mol. The van der Waals surface area contributed by atoms with Gasteiger partial charge in [-0.3, -0.25) is 9.69 Å². The van der Waals surface area contributed by atoms with Gasteiger partial charge in [0.2, 0.25) is 5.91 Å². The number of benzene rings is 1. The number of rotatable bonds is 5. The smallest absolute Gasteiger partial charge is 0.234 e. The Labute approximate surface area is 119 Å². The van der Waals surface area contributed by atoms with Gasteiger partial charge in [-0.15, -0.1) is 0 Å². The summed E-state index contributed by atoms with van der Waals surface area (Å²) in [4.78, 5) is 13.9. The number of piperidine rings is 1. The molecule has 1 unspecified atom stereocenters. The summed E-state index contributed by atoms with van der Waals surface area (Å²) >= 11 is 0. The molecule has 0 bridgehead atoms. The quantitative estimate of drug-likeness (QED) is 0.721. The lowest BCUT2D eigenvalue weighted by Gasteiger charge is -2.29. The molecule has 0 spiro atoms. The lowest BCUT2D eigenvalue weighted by molar-refractivity contribution is -0.123. The minimum absolute atomic E-state index is 0.0459. The van der Waals surface area contributed by atoms with Crippen LogP contribution in [0.25, 0.3) is 0 Å².